The number of aromatic carboxylic acids is 1. The average molecular weight is 266 g/mol. The van der Waals surface area contributed by atoms with Crippen LogP contribution >= 0.6 is 0 Å². The first kappa shape index (κ1) is 14.9. The Morgan fingerprint density at radius 2 is 2.06 bits per heavy atom. The molecule has 0 spiro atoms. The van der Waals surface area contributed by atoms with Gasteiger partial charge in [-0.2, -0.15) is 0 Å². The summed E-state index contributed by atoms with van der Waals surface area (Å²) >= 11 is 0. The number of carboxylic acids is 1. The molecule has 3 nitrogen and oxygen atoms in total. The molecule has 1 aromatic carbocycles. The third-order valence-electron chi connectivity index (χ3n) is 3.01. The summed E-state index contributed by atoms with van der Waals surface area (Å²) in [5, 5.41) is 10.1. The van der Waals surface area contributed by atoms with Crippen molar-refractivity contribution < 1.29 is 14.3 Å². The summed E-state index contributed by atoms with van der Waals surface area (Å²) in [5.74, 6) is -0.871. The third-order valence-corrected chi connectivity index (χ3v) is 5.65. The fourth-order valence-corrected chi connectivity index (χ4v) is 4.12. The molecule has 100 valence electrons. The van der Waals surface area contributed by atoms with Gasteiger partial charge in [-0.05, 0) is 37.7 Å². The van der Waals surface area contributed by atoms with Crippen molar-refractivity contribution >= 4 is 19.5 Å². The average Bonchev–Trinajstić information content (AvgIpc) is 2.28. The van der Waals surface area contributed by atoms with E-state index in [1.54, 1.807) is 6.07 Å². The first-order valence-electron chi connectivity index (χ1n) is 6.37. The number of benzene rings is 1. The Balaban J connectivity index is 3.05. The minimum atomic E-state index is -2.14. The largest absolute Gasteiger partial charge is 0.478 e. The van der Waals surface area contributed by atoms with Gasteiger partial charge in [0, 0.05) is 6.61 Å². The normalized spacial score (nSPS) is 11.6. The highest BCUT2D eigenvalue weighted by atomic mass is 28.4. The van der Waals surface area contributed by atoms with Crippen LogP contribution in [0.4, 0.5) is 0 Å². The second-order valence-electron chi connectivity index (χ2n) is 5.07. The summed E-state index contributed by atoms with van der Waals surface area (Å²) in [7, 11) is -2.14. The lowest BCUT2D eigenvalue weighted by molar-refractivity contribution is 0.0698. The molecule has 0 aliphatic heterocycles. The highest BCUT2D eigenvalue weighted by Gasteiger charge is 2.30. The van der Waals surface area contributed by atoms with Crippen molar-refractivity contribution in [3.63, 3.8) is 0 Å². The van der Waals surface area contributed by atoms with Gasteiger partial charge in [-0.1, -0.05) is 31.0 Å². The highest BCUT2D eigenvalue weighted by molar-refractivity contribution is 6.85. The molecule has 1 N–H and O–H groups in total. The first-order chi connectivity index (χ1) is 8.38. The Morgan fingerprint density at radius 3 is 2.61 bits per heavy atom. The lowest BCUT2D eigenvalue weighted by Crippen LogP contribution is -2.47. The number of carboxylic acid groups (broad SMARTS) is 1. The predicted octanol–water partition coefficient (Wildman–Crippen LogP) is 2.92. The van der Waals surface area contributed by atoms with Crippen LogP contribution in [0, 0.1) is 6.92 Å². The molecule has 0 atom stereocenters. The van der Waals surface area contributed by atoms with Crippen LogP contribution in [0.2, 0.25) is 13.1 Å². The lowest BCUT2D eigenvalue weighted by Gasteiger charge is -2.25. The smallest absolute Gasteiger partial charge is 0.335 e. The Kier molecular flexibility index (Phi) is 5.11. The molecule has 0 heterocycles. The van der Waals surface area contributed by atoms with Gasteiger partial charge in [0.1, 0.15) is 0 Å². The van der Waals surface area contributed by atoms with Gasteiger partial charge >= 0.3 is 5.97 Å². The van der Waals surface area contributed by atoms with Crippen molar-refractivity contribution in [2.75, 3.05) is 6.61 Å². The number of carbonyl (C=O) groups is 1. The molecule has 0 fully saturated rings. The Hall–Kier alpha value is -1.13. The monoisotopic (exact) mass is 266 g/mol. The fraction of sp³-hybridized carbons (Fsp3) is 0.500. The fourth-order valence-electron chi connectivity index (χ4n) is 1.89. The summed E-state index contributed by atoms with van der Waals surface area (Å²) in [5.41, 5.74) is 1.46. The Morgan fingerprint density at radius 1 is 1.39 bits per heavy atom. The third kappa shape index (κ3) is 3.68. The van der Waals surface area contributed by atoms with Crippen molar-refractivity contribution in [3.05, 3.63) is 29.3 Å². The van der Waals surface area contributed by atoms with Crippen molar-refractivity contribution in [1.29, 1.82) is 0 Å². The zero-order valence-corrected chi connectivity index (χ0v) is 12.6. The molecule has 0 aromatic heterocycles. The number of unbranched alkanes of at least 4 members (excludes halogenated alkanes) is 1. The van der Waals surface area contributed by atoms with Gasteiger partial charge in [-0.15, -0.1) is 0 Å². The maximum atomic E-state index is 11.3. The van der Waals surface area contributed by atoms with Crippen LogP contribution in [0.1, 0.15) is 35.7 Å². The van der Waals surface area contributed by atoms with E-state index in [4.69, 9.17) is 4.43 Å². The topological polar surface area (TPSA) is 46.5 Å². The molecule has 0 saturated carbocycles. The first-order valence-corrected chi connectivity index (χ1v) is 9.27. The van der Waals surface area contributed by atoms with Crippen molar-refractivity contribution in [3.8, 4) is 0 Å². The molecule has 0 radical (unpaired) electrons. The van der Waals surface area contributed by atoms with Crippen molar-refractivity contribution in [2.45, 2.75) is 39.8 Å². The molecule has 4 heteroatoms. The Labute approximate surface area is 110 Å². The van der Waals surface area contributed by atoms with E-state index in [2.05, 4.69) is 20.0 Å². The number of hydrogen-bond acceptors (Lipinski definition) is 2. The van der Waals surface area contributed by atoms with E-state index in [0.29, 0.717) is 12.2 Å². The molecule has 0 amide bonds. The van der Waals surface area contributed by atoms with E-state index < -0.39 is 14.3 Å². The number of rotatable bonds is 6. The number of hydrogen-bond donors (Lipinski definition) is 1. The summed E-state index contributed by atoms with van der Waals surface area (Å²) in [4.78, 5) is 11.3. The summed E-state index contributed by atoms with van der Waals surface area (Å²) < 4.78 is 5.98. The SMILES string of the molecule is CCCCO[Si](C)(C)c1cc(C)ccc1C(=O)O. The van der Waals surface area contributed by atoms with Gasteiger partial charge in [0.05, 0.1) is 5.56 Å². The zero-order chi connectivity index (χ0) is 13.8. The van der Waals surface area contributed by atoms with E-state index in [1.807, 2.05) is 19.1 Å². The summed E-state index contributed by atoms with van der Waals surface area (Å²) in [6.45, 7) is 8.93. The molecule has 18 heavy (non-hydrogen) atoms. The molecule has 0 bridgehead atoms. The minimum absolute atomic E-state index is 0.383. The van der Waals surface area contributed by atoms with E-state index in [-0.39, 0.29) is 0 Å². The molecule has 0 aliphatic rings. The second-order valence-corrected chi connectivity index (χ2v) is 8.91. The minimum Gasteiger partial charge on any atom is -0.478 e. The van der Waals surface area contributed by atoms with Crippen LogP contribution in [0.15, 0.2) is 18.2 Å². The van der Waals surface area contributed by atoms with Crippen LogP contribution in [0.5, 0.6) is 0 Å². The van der Waals surface area contributed by atoms with E-state index in [9.17, 15) is 9.90 Å². The highest BCUT2D eigenvalue weighted by Crippen LogP contribution is 2.12. The quantitative estimate of drug-likeness (QED) is 0.636. The van der Waals surface area contributed by atoms with Gasteiger partial charge in [-0.25, -0.2) is 4.79 Å². The van der Waals surface area contributed by atoms with Gasteiger partial charge in [0.15, 0.2) is 0 Å². The standard InChI is InChI=1S/C14H22O3Si/c1-5-6-9-17-18(3,4)13-10-11(2)7-8-12(13)14(15)16/h7-8,10H,5-6,9H2,1-4H3,(H,15,16). The van der Waals surface area contributed by atoms with E-state index in [0.717, 1.165) is 23.6 Å². The van der Waals surface area contributed by atoms with E-state index in [1.165, 1.54) is 0 Å². The molecule has 0 aliphatic carbocycles. The van der Waals surface area contributed by atoms with Gasteiger partial charge in [0.2, 0.25) is 8.32 Å². The van der Waals surface area contributed by atoms with Gasteiger partial charge in [-0.3, -0.25) is 0 Å². The summed E-state index contributed by atoms with van der Waals surface area (Å²) in [6.07, 6.45) is 2.11. The predicted molar refractivity (Wildman–Crippen MR) is 76.1 cm³/mol. The van der Waals surface area contributed by atoms with Crippen LogP contribution in [0.3, 0.4) is 0 Å². The Bertz CT molecular complexity index is 427. The van der Waals surface area contributed by atoms with Crippen molar-refractivity contribution in [2.24, 2.45) is 0 Å². The molecule has 1 aromatic rings. The molecule has 0 saturated heterocycles. The second kappa shape index (κ2) is 6.16. The zero-order valence-electron chi connectivity index (χ0n) is 11.6. The molecule has 1 rings (SSSR count). The van der Waals surface area contributed by atoms with E-state index >= 15 is 0 Å². The van der Waals surface area contributed by atoms with Crippen LogP contribution < -0.4 is 5.19 Å². The summed E-state index contributed by atoms with van der Waals surface area (Å²) in [6, 6.07) is 5.48. The van der Waals surface area contributed by atoms with Crippen molar-refractivity contribution in [1.82, 2.24) is 0 Å². The van der Waals surface area contributed by atoms with Crippen LogP contribution in [-0.4, -0.2) is 26.0 Å². The van der Waals surface area contributed by atoms with Gasteiger partial charge < -0.3 is 9.53 Å². The maximum Gasteiger partial charge on any atom is 0.335 e. The molecular formula is C14H22O3Si. The molecular weight excluding hydrogens is 244 g/mol. The maximum absolute atomic E-state index is 11.3. The lowest BCUT2D eigenvalue weighted by atomic mass is 10.1. The molecule has 0 unspecified atom stereocenters. The van der Waals surface area contributed by atoms with Gasteiger partial charge in [0.25, 0.3) is 0 Å². The van der Waals surface area contributed by atoms with Crippen LogP contribution in [-0.2, 0) is 4.43 Å². The number of aryl methyl sites for hydroxylation is 1. The van der Waals surface area contributed by atoms with Crippen LogP contribution in [0.25, 0.3) is 0 Å².